The summed E-state index contributed by atoms with van der Waals surface area (Å²) in [6, 6.07) is 6.27. The highest BCUT2D eigenvalue weighted by Gasteiger charge is 2.29. The first-order valence-corrected chi connectivity index (χ1v) is 10.3. The lowest BCUT2D eigenvalue weighted by Crippen LogP contribution is -2.34. The van der Waals surface area contributed by atoms with E-state index < -0.39 is 0 Å². The minimum absolute atomic E-state index is 0.00533. The molecule has 0 bridgehead atoms. The summed E-state index contributed by atoms with van der Waals surface area (Å²) in [5.41, 5.74) is 3.10. The predicted octanol–water partition coefficient (Wildman–Crippen LogP) is 3.47. The van der Waals surface area contributed by atoms with Gasteiger partial charge in [-0.25, -0.2) is 9.97 Å². The fourth-order valence-electron chi connectivity index (χ4n) is 3.96. The van der Waals surface area contributed by atoms with Crippen LogP contribution in [-0.2, 0) is 5.41 Å². The normalized spacial score (nSPS) is 18.8. The molecule has 1 aliphatic heterocycles. The number of fused-ring (bicyclic) bond motifs is 1. The van der Waals surface area contributed by atoms with E-state index in [0.29, 0.717) is 11.8 Å². The number of rotatable bonds is 3. The molecule has 1 aliphatic carbocycles. The Morgan fingerprint density at radius 2 is 1.71 bits per heavy atom. The smallest absolute Gasteiger partial charge is 0.177 e. The van der Waals surface area contributed by atoms with Crippen LogP contribution in [0.1, 0.15) is 75.5 Å². The summed E-state index contributed by atoms with van der Waals surface area (Å²) in [6.45, 7) is 8.49. The Labute approximate surface area is 165 Å². The van der Waals surface area contributed by atoms with E-state index in [1.807, 2.05) is 10.6 Å². The van der Waals surface area contributed by atoms with Gasteiger partial charge in [-0.15, -0.1) is 10.2 Å². The van der Waals surface area contributed by atoms with Gasteiger partial charge < -0.3 is 4.90 Å². The molecule has 4 heterocycles. The van der Waals surface area contributed by atoms with E-state index in [-0.39, 0.29) is 5.41 Å². The molecule has 0 N–H and O–H groups in total. The van der Waals surface area contributed by atoms with E-state index in [0.717, 1.165) is 48.9 Å². The molecule has 146 valence electrons. The van der Waals surface area contributed by atoms with Crippen LogP contribution in [0.5, 0.6) is 0 Å². The van der Waals surface area contributed by atoms with Crippen LogP contribution in [-0.4, -0.2) is 42.9 Å². The number of hydrogen-bond donors (Lipinski definition) is 0. The average Bonchev–Trinajstić information content (AvgIpc) is 3.47. The molecule has 7 heteroatoms. The molecule has 2 aliphatic rings. The van der Waals surface area contributed by atoms with Gasteiger partial charge in [-0.05, 0) is 37.8 Å². The standard InChI is InChI=1S/C21H27N7/c1-21(2,3)17-6-7-18-24-25-20(28(18)26-17)15-8-10-27(11-9-15)19-12-16(14-4-5-14)22-13-23-19/h6-7,12-15H,4-5,8-11H2,1-3H3. The van der Waals surface area contributed by atoms with E-state index in [2.05, 4.69) is 58.0 Å². The van der Waals surface area contributed by atoms with Crippen LogP contribution >= 0.6 is 0 Å². The Kier molecular flexibility index (Phi) is 4.07. The largest absolute Gasteiger partial charge is 0.356 e. The van der Waals surface area contributed by atoms with Crippen LogP contribution in [0.15, 0.2) is 24.5 Å². The second-order valence-electron chi connectivity index (χ2n) is 9.13. The Hall–Kier alpha value is -2.57. The fraction of sp³-hybridized carbons (Fsp3) is 0.571. The van der Waals surface area contributed by atoms with Crippen molar-refractivity contribution in [2.24, 2.45) is 0 Å². The lowest BCUT2D eigenvalue weighted by Gasteiger charge is -2.32. The molecule has 0 unspecified atom stereocenters. The monoisotopic (exact) mass is 377 g/mol. The van der Waals surface area contributed by atoms with Gasteiger partial charge in [0.05, 0.1) is 5.69 Å². The average molecular weight is 377 g/mol. The second-order valence-corrected chi connectivity index (χ2v) is 9.13. The number of nitrogens with zero attached hydrogens (tertiary/aromatic N) is 7. The van der Waals surface area contributed by atoms with Gasteiger partial charge in [0.1, 0.15) is 12.1 Å². The van der Waals surface area contributed by atoms with Crippen LogP contribution < -0.4 is 4.90 Å². The third kappa shape index (κ3) is 3.23. The SMILES string of the molecule is CC(C)(C)c1ccc2nnc(C3CCN(c4cc(C5CC5)ncn4)CC3)n2n1. The highest BCUT2D eigenvalue weighted by molar-refractivity contribution is 5.42. The van der Waals surface area contributed by atoms with Gasteiger partial charge in [-0.3, -0.25) is 0 Å². The predicted molar refractivity (Wildman–Crippen MR) is 108 cm³/mol. The van der Waals surface area contributed by atoms with Crippen molar-refractivity contribution in [1.29, 1.82) is 0 Å². The zero-order valence-electron chi connectivity index (χ0n) is 16.8. The minimum Gasteiger partial charge on any atom is -0.356 e. The summed E-state index contributed by atoms with van der Waals surface area (Å²) >= 11 is 0. The van der Waals surface area contributed by atoms with Crippen molar-refractivity contribution >= 4 is 11.5 Å². The number of anilines is 1. The van der Waals surface area contributed by atoms with Gasteiger partial charge in [-0.1, -0.05) is 20.8 Å². The molecule has 5 rings (SSSR count). The van der Waals surface area contributed by atoms with E-state index in [1.54, 1.807) is 6.33 Å². The Bertz CT molecular complexity index is 991. The highest BCUT2D eigenvalue weighted by atomic mass is 15.4. The van der Waals surface area contributed by atoms with Crippen LogP contribution in [0.25, 0.3) is 5.65 Å². The van der Waals surface area contributed by atoms with Gasteiger partial charge in [-0.2, -0.15) is 9.61 Å². The maximum absolute atomic E-state index is 4.85. The van der Waals surface area contributed by atoms with Gasteiger partial charge in [0, 0.05) is 42.1 Å². The fourth-order valence-corrected chi connectivity index (χ4v) is 3.96. The van der Waals surface area contributed by atoms with Gasteiger partial charge >= 0.3 is 0 Å². The molecule has 7 nitrogen and oxygen atoms in total. The summed E-state index contributed by atoms with van der Waals surface area (Å²) in [4.78, 5) is 11.3. The molecule has 28 heavy (non-hydrogen) atoms. The Balaban J connectivity index is 1.35. The van der Waals surface area contributed by atoms with Crippen molar-refractivity contribution < 1.29 is 0 Å². The first kappa shape index (κ1) is 17.5. The third-order valence-corrected chi connectivity index (χ3v) is 5.91. The summed E-state index contributed by atoms with van der Waals surface area (Å²) < 4.78 is 1.96. The summed E-state index contributed by atoms with van der Waals surface area (Å²) in [6.07, 6.45) is 6.32. The Morgan fingerprint density at radius 3 is 2.43 bits per heavy atom. The maximum atomic E-state index is 4.85. The summed E-state index contributed by atoms with van der Waals surface area (Å²) in [5, 5.41) is 13.7. The molecule has 2 fully saturated rings. The quantitative estimate of drug-likeness (QED) is 0.696. The van der Waals surface area contributed by atoms with Gasteiger partial charge in [0.25, 0.3) is 0 Å². The van der Waals surface area contributed by atoms with E-state index in [1.165, 1.54) is 18.5 Å². The number of hydrogen-bond acceptors (Lipinski definition) is 6. The van der Waals surface area contributed by atoms with Crippen LogP contribution in [0, 0.1) is 0 Å². The molecular weight excluding hydrogens is 350 g/mol. The molecule has 3 aromatic rings. The van der Waals surface area contributed by atoms with Crippen molar-refractivity contribution in [2.75, 3.05) is 18.0 Å². The summed E-state index contributed by atoms with van der Waals surface area (Å²) in [5.74, 6) is 3.08. The van der Waals surface area contributed by atoms with Crippen molar-refractivity contribution in [3.63, 3.8) is 0 Å². The molecule has 0 aromatic carbocycles. The lowest BCUT2D eigenvalue weighted by atomic mass is 9.92. The van der Waals surface area contributed by atoms with Crippen LogP contribution in [0.2, 0.25) is 0 Å². The zero-order valence-corrected chi connectivity index (χ0v) is 16.8. The molecule has 0 radical (unpaired) electrons. The van der Waals surface area contributed by atoms with Crippen LogP contribution in [0.4, 0.5) is 5.82 Å². The maximum Gasteiger partial charge on any atom is 0.177 e. The van der Waals surface area contributed by atoms with Crippen molar-refractivity contribution in [2.45, 2.75) is 63.7 Å². The first-order valence-electron chi connectivity index (χ1n) is 10.3. The third-order valence-electron chi connectivity index (χ3n) is 5.91. The Morgan fingerprint density at radius 1 is 0.929 bits per heavy atom. The second kappa shape index (κ2) is 6.50. The molecule has 0 spiro atoms. The topological polar surface area (TPSA) is 72.1 Å². The minimum atomic E-state index is 0.00533. The molecular formula is C21H27N7. The van der Waals surface area contributed by atoms with E-state index in [9.17, 15) is 0 Å². The first-order chi connectivity index (χ1) is 13.5. The van der Waals surface area contributed by atoms with Crippen molar-refractivity contribution in [1.82, 2.24) is 29.8 Å². The van der Waals surface area contributed by atoms with Crippen molar-refractivity contribution in [3.8, 4) is 0 Å². The molecule has 3 aromatic heterocycles. The van der Waals surface area contributed by atoms with Crippen molar-refractivity contribution in [3.05, 3.63) is 41.7 Å². The van der Waals surface area contributed by atoms with E-state index in [4.69, 9.17) is 5.10 Å². The van der Waals surface area contributed by atoms with Crippen LogP contribution in [0.3, 0.4) is 0 Å². The molecule has 0 amide bonds. The number of aromatic nitrogens is 6. The lowest BCUT2D eigenvalue weighted by molar-refractivity contribution is 0.470. The zero-order chi connectivity index (χ0) is 19.3. The molecule has 1 saturated carbocycles. The van der Waals surface area contributed by atoms with Gasteiger partial charge in [0.15, 0.2) is 11.5 Å². The number of piperidine rings is 1. The van der Waals surface area contributed by atoms with E-state index >= 15 is 0 Å². The highest BCUT2D eigenvalue weighted by Crippen LogP contribution is 2.39. The van der Waals surface area contributed by atoms with Gasteiger partial charge in [0.2, 0.25) is 0 Å². The molecule has 1 saturated heterocycles. The molecule has 0 atom stereocenters. The summed E-state index contributed by atoms with van der Waals surface area (Å²) in [7, 11) is 0.